The van der Waals surface area contributed by atoms with Crippen molar-refractivity contribution in [2.24, 2.45) is 0 Å². The summed E-state index contributed by atoms with van der Waals surface area (Å²) in [6.45, 7) is 0. The molecule has 0 unspecified atom stereocenters. The zero-order chi connectivity index (χ0) is 9.97. The molecule has 4 heteroatoms. The van der Waals surface area contributed by atoms with E-state index in [9.17, 15) is 9.90 Å². The number of carbonyl (C=O) groups excluding carboxylic acids is 1. The van der Waals surface area contributed by atoms with Crippen LogP contribution in [0.4, 0.5) is 0 Å². The maximum atomic E-state index is 11.0. The van der Waals surface area contributed by atoms with Gasteiger partial charge in [0, 0.05) is 5.56 Å². The minimum absolute atomic E-state index is 0.178. The summed E-state index contributed by atoms with van der Waals surface area (Å²) in [5.74, 6) is -0.517. The van der Waals surface area contributed by atoms with Crippen LogP contribution in [0, 0.1) is 0 Å². The smallest absolute Gasteiger partial charge is 0.170 e. The van der Waals surface area contributed by atoms with Crippen LogP contribution in [-0.2, 0) is 0 Å². The van der Waals surface area contributed by atoms with Crippen molar-refractivity contribution in [1.29, 1.82) is 0 Å². The van der Waals surface area contributed by atoms with Crippen LogP contribution in [0.25, 0.3) is 11.5 Å². The summed E-state index contributed by atoms with van der Waals surface area (Å²) in [4.78, 5) is 14.1. The first-order chi connectivity index (χ1) is 6.81. The van der Waals surface area contributed by atoms with Gasteiger partial charge in [-0.1, -0.05) is 30.3 Å². The number of benzene rings is 1. The van der Waals surface area contributed by atoms with Gasteiger partial charge in [-0.2, -0.15) is 0 Å². The standard InChI is InChI=1S/C10H7NO3/c12-6-8-10(13)14-9(11-8)7-4-2-1-3-5-7/h1-6,13H/p-1. The number of hydrogen-bond acceptors (Lipinski definition) is 4. The number of nitrogens with zero attached hydrogens (tertiary/aromatic N) is 1. The van der Waals surface area contributed by atoms with Gasteiger partial charge < -0.3 is 9.52 Å². The van der Waals surface area contributed by atoms with E-state index in [1.54, 1.807) is 24.3 Å². The van der Waals surface area contributed by atoms with E-state index in [0.717, 1.165) is 0 Å². The van der Waals surface area contributed by atoms with Gasteiger partial charge in [0.2, 0.25) is 0 Å². The molecule has 0 fully saturated rings. The number of rotatable bonds is 2. The third kappa shape index (κ3) is 1.37. The maximum Gasteiger partial charge on any atom is 0.170 e. The molecule has 0 atom stereocenters. The number of aldehydes is 1. The normalized spacial score (nSPS) is 10.0. The first-order valence-corrected chi connectivity index (χ1v) is 3.99. The van der Waals surface area contributed by atoms with Gasteiger partial charge in [0.05, 0.1) is 5.95 Å². The molecule has 0 N–H and O–H groups in total. The van der Waals surface area contributed by atoms with Gasteiger partial charge in [0.15, 0.2) is 6.29 Å². The lowest BCUT2D eigenvalue weighted by Crippen LogP contribution is -1.91. The van der Waals surface area contributed by atoms with E-state index in [-0.39, 0.29) is 11.6 Å². The predicted octanol–water partition coefficient (Wildman–Crippen LogP) is 1.23. The average molecular weight is 188 g/mol. The first-order valence-electron chi connectivity index (χ1n) is 3.99. The van der Waals surface area contributed by atoms with E-state index in [1.807, 2.05) is 6.07 Å². The summed E-state index contributed by atoms with van der Waals surface area (Å²) in [5, 5.41) is 11.0. The van der Waals surface area contributed by atoms with Gasteiger partial charge in [0.1, 0.15) is 11.6 Å². The molecule has 14 heavy (non-hydrogen) atoms. The van der Waals surface area contributed by atoms with Crippen molar-refractivity contribution in [1.82, 2.24) is 4.98 Å². The molecule has 0 amide bonds. The van der Waals surface area contributed by atoms with E-state index < -0.39 is 5.95 Å². The van der Waals surface area contributed by atoms with Crippen LogP contribution in [0.2, 0.25) is 0 Å². The highest BCUT2D eigenvalue weighted by Crippen LogP contribution is 2.22. The molecule has 0 aliphatic rings. The lowest BCUT2D eigenvalue weighted by molar-refractivity contribution is -0.293. The van der Waals surface area contributed by atoms with Gasteiger partial charge in [-0.15, -0.1) is 0 Å². The zero-order valence-corrected chi connectivity index (χ0v) is 7.14. The van der Waals surface area contributed by atoms with Crippen molar-refractivity contribution >= 4 is 6.29 Å². The number of aromatic nitrogens is 1. The molecule has 0 bridgehead atoms. The Bertz CT molecular complexity index is 448. The Morgan fingerprint density at radius 1 is 1.29 bits per heavy atom. The first kappa shape index (κ1) is 8.50. The third-order valence-electron chi connectivity index (χ3n) is 1.75. The van der Waals surface area contributed by atoms with Crippen molar-refractivity contribution in [3.63, 3.8) is 0 Å². The van der Waals surface area contributed by atoms with Crippen LogP contribution < -0.4 is 5.11 Å². The van der Waals surface area contributed by atoms with Crippen LogP contribution in [-0.4, -0.2) is 11.3 Å². The Morgan fingerprint density at radius 3 is 2.57 bits per heavy atom. The monoisotopic (exact) mass is 188 g/mol. The topological polar surface area (TPSA) is 66.2 Å². The minimum Gasteiger partial charge on any atom is -0.562 e. The highest BCUT2D eigenvalue weighted by molar-refractivity contribution is 5.75. The largest absolute Gasteiger partial charge is 0.562 e. The molecule has 2 aromatic rings. The molecule has 4 nitrogen and oxygen atoms in total. The number of carbonyl (C=O) groups is 1. The van der Waals surface area contributed by atoms with Crippen LogP contribution in [0.15, 0.2) is 34.7 Å². The summed E-state index contributed by atoms with van der Waals surface area (Å²) >= 11 is 0. The highest BCUT2D eigenvalue weighted by atomic mass is 16.5. The fourth-order valence-corrected chi connectivity index (χ4v) is 1.10. The predicted molar refractivity (Wildman–Crippen MR) is 46.8 cm³/mol. The molecule has 0 saturated carbocycles. The maximum absolute atomic E-state index is 11.0. The quantitative estimate of drug-likeness (QED) is 0.664. The molecular formula is C10H6NO3-. The Morgan fingerprint density at radius 2 is 2.00 bits per heavy atom. The molecule has 0 aliphatic carbocycles. The fraction of sp³-hybridized carbons (Fsp3) is 0. The van der Waals surface area contributed by atoms with Gasteiger partial charge >= 0.3 is 0 Å². The summed E-state index contributed by atoms with van der Waals surface area (Å²) < 4.78 is 4.79. The van der Waals surface area contributed by atoms with Gasteiger partial charge in [0.25, 0.3) is 0 Å². The van der Waals surface area contributed by atoms with E-state index in [1.165, 1.54) is 0 Å². The van der Waals surface area contributed by atoms with Crippen molar-refractivity contribution < 1.29 is 14.3 Å². The Hall–Kier alpha value is -2.10. The highest BCUT2D eigenvalue weighted by Gasteiger charge is 2.03. The third-order valence-corrected chi connectivity index (χ3v) is 1.75. The summed E-state index contributed by atoms with van der Waals surface area (Å²) in [6, 6.07) is 8.93. The molecule has 1 heterocycles. The fourth-order valence-electron chi connectivity index (χ4n) is 1.10. The van der Waals surface area contributed by atoms with Gasteiger partial charge in [-0.05, 0) is 0 Å². The number of hydrogen-bond donors (Lipinski definition) is 0. The molecule has 0 saturated heterocycles. The van der Waals surface area contributed by atoms with Crippen LogP contribution in [0.5, 0.6) is 5.95 Å². The minimum atomic E-state index is -0.696. The molecule has 1 aromatic heterocycles. The summed E-state index contributed by atoms with van der Waals surface area (Å²) in [7, 11) is 0. The SMILES string of the molecule is O=Cc1nc(-c2ccccc2)oc1[O-]. The molecule has 0 spiro atoms. The zero-order valence-electron chi connectivity index (χ0n) is 7.14. The lowest BCUT2D eigenvalue weighted by Gasteiger charge is -1.98. The van der Waals surface area contributed by atoms with E-state index >= 15 is 0 Å². The second-order valence-electron chi connectivity index (χ2n) is 2.68. The molecular weight excluding hydrogens is 182 g/mol. The van der Waals surface area contributed by atoms with Crippen LogP contribution >= 0.6 is 0 Å². The number of oxazole rings is 1. The van der Waals surface area contributed by atoms with E-state index in [4.69, 9.17) is 4.42 Å². The van der Waals surface area contributed by atoms with Gasteiger partial charge in [-0.3, -0.25) is 4.79 Å². The van der Waals surface area contributed by atoms with E-state index in [0.29, 0.717) is 11.8 Å². The Labute approximate surface area is 79.8 Å². The molecule has 70 valence electrons. The summed E-state index contributed by atoms with van der Waals surface area (Å²) in [6.07, 6.45) is 0.387. The van der Waals surface area contributed by atoms with Crippen molar-refractivity contribution in [3.05, 3.63) is 36.0 Å². The second kappa shape index (κ2) is 3.33. The van der Waals surface area contributed by atoms with Crippen molar-refractivity contribution in [3.8, 4) is 17.4 Å². The van der Waals surface area contributed by atoms with Crippen LogP contribution in [0.3, 0.4) is 0 Å². The lowest BCUT2D eigenvalue weighted by atomic mass is 10.2. The average Bonchev–Trinajstić information content (AvgIpc) is 2.61. The second-order valence-corrected chi connectivity index (χ2v) is 2.68. The molecule has 0 aliphatic heterocycles. The Kier molecular flexibility index (Phi) is 2.02. The Balaban J connectivity index is 2.48. The van der Waals surface area contributed by atoms with Crippen molar-refractivity contribution in [2.75, 3.05) is 0 Å². The summed E-state index contributed by atoms with van der Waals surface area (Å²) in [5.41, 5.74) is 0.488. The van der Waals surface area contributed by atoms with Crippen molar-refractivity contribution in [2.45, 2.75) is 0 Å². The van der Waals surface area contributed by atoms with Crippen LogP contribution in [0.1, 0.15) is 10.5 Å². The van der Waals surface area contributed by atoms with Gasteiger partial charge in [-0.25, -0.2) is 4.98 Å². The van der Waals surface area contributed by atoms with E-state index in [2.05, 4.69) is 4.98 Å². The molecule has 1 aromatic carbocycles. The molecule has 0 radical (unpaired) electrons. The molecule has 2 rings (SSSR count).